The summed E-state index contributed by atoms with van der Waals surface area (Å²) in [6.07, 6.45) is -6.41. The number of carbonyl (C=O) groups excluding carboxylic acids is 1. The summed E-state index contributed by atoms with van der Waals surface area (Å²) < 4.78 is 94.7. The predicted molar refractivity (Wildman–Crippen MR) is 175 cm³/mol. The largest absolute Gasteiger partial charge is 0.481 e. The maximum absolute atomic E-state index is 15.9. The molecule has 0 saturated carbocycles. The van der Waals surface area contributed by atoms with E-state index in [9.17, 15) is 37.1 Å². The molecule has 0 unspecified atom stereocenters. The Morgan fingerprint density at radius 2 is 1.71 bits per heavy atom. The molecule has 3 heterocycles. The van der Waals surface area contributed by atoms with Crippen molar-refractivity contribution in [3.05, 3.63) is 116 Å². The predicted octanol–water partition coefficient (Wildman–Crippen LogP) is 6.96. The third-order valence-corrected chi connectivity index (χ3v) is 9.43. The molecule has 3 aromatic carbocycles. The Bertz CT molecular complexity index is 2110. The van der Waals surface area contributed by atoms with Gasteiger partial charge in [-0.1, -0.05) is 6.07 Å². The van der Waals surface area contributed by atoms with Crippen molar-refractivity contribution in [1.82, 2.24) is 14.8 Å². The molecule has 51 heavy (non-hydrogen) atoms. The number of nitrogens with one attached hydrogen (secondary N) is 1. The fraction of sp³-hybridized carbons (Fsp3) is 0.324. The number of aliphatic carboxylic acids is 1. The molecule has 2 aliphatic heterocycles. The lowest BCUT2D eigenvalue weighted by Gasteiger charge is -2.34. The molecule has 1 fully saturated rings. The summed E-state index contributed by atoms with van der Waals surface area (Å²) in [5, 5.41) is 12.3. The molecule has 6 rings (SSSR count). The molecule has 2 atom stereocenters. The number of aromatic nitrogens is 1. The van der Waals surface area contributed by atoms with Crippen LogP contribution in [0.4, 0.5) is 26.3 Å². The van der Waals surface area contributed by atoms with E-state index in [1.807, 2.05) is 13.8 Å². The van der Waals surface area contributed by atoms with E-state index >= 15 is 8.78 Å². The fourth-order valence-electron chi connectivity index (χ4n) is 6.66. The van der Waals surface area contributed by atoms with E-state index in [0.717, 1.165) is 29.5 Å². The Balaban J connectivity index is 1.59. The average Bonchev–Trinajstić information content (AvgIpc) is 3.03. The zero-order chi connectivity index (χ0) is 36.9. The van der Waals surface area contributed by atoms with E-state index in [1.54, 1.807) is 23.1 Å². The van der Waals surface area contributed by atoms with Crippen molar-refractivity contribution in [2.24, 2.45) is 0 Å². The first-order valence-corrected chi connectivity index (χ1v) is 16.1. The number of carboxylic acids is 1. The molecule has 2 aliphatic rings. The number of hydrogen-bond acceptors (Lipinski definition) is 5. The Morgan fingerprint density at radius 3 is 2.37 bits per heavy atom. The maximum atomic E-state index is 15.9. The molecule has 1 saturated heterocycles. The van der Waals surface area contributed by atoms with Crippen LogP contribution in [0.5, 0.6) is 11.5 Å². The Labute approximate surface area is 288 Å². The van der Waals surface area contributed by atoms with Crippen molar-refractivity contribution in [2.45, 2.75) is 58.0 Å². The number of carboxylic acid groups (broad SMARTS) is 1. The molecule has 1 aromatic heterocycles. The second kappa shape index (κ2) is 13.5. The van der Waals surface area contributed by atoms with Gasteiger partial charge in [0.05, 0.1) is 18.0 Å². The minimum atomic E-state index is -4.98. The number of benzene rings is 3. The minimum absolute atomic E-state index is 0.00417. The van der Waals surface area contributed by atoms with Gasteiger partial charge in [0.1, 0.15) is 35.3 Å². The van der Waals surface area contributed by atoms with E-state index in [2.05, 4.69) is 5.32 Å². The molecule has 8 nitrogen and oxygen atoms in total. The second-order valence-electron chi connectivity index (χ2n) is 13.0. The van der Waals surface area contributed by atoms with E-state index in [4.69, 9.17) is 4.74 Å². The first-order valence-electron chi connectivity index (χ1n) is 16.1. The smallest absolute Gasteiger partial charge is 0.416 e. The fourth-order valence-corrected chi connectivity index (χ4v) is 6.66. The highest BCUT2D eigenvalue weighted by atomic mass is 19.4. The van der Waals surface area contributed by atoms with Crippen LogP contribution in [0.1, 0.15) is 57.4 Å². The molecular weight excluding hydrogens is 680 g/mol. The van der Waals surface area contributed by atoms with Crippen LogP contribution in [-0.4, -0.2) is 52.3 Å². The molecular formula is C37H33F6N3O5. The number of halogens is 6. The van der Waals surface area contributed by atoms with Crippen LogP contribution in [0.3, 0.4) is 0 Å². The summed E-state index contributed by atoms with van der Waals surface area (Å²) in [6, 6.07) is 6.44. The summed E-state index contributed by atoms with van der Waals surface area (Å²) >= 11 is 0. The first kappa shape index (κ1) is 35.7. The number of nitrogens with zero attached hydrogens (tertiary/aromatic N) is 2. The minimum Gasteiger partial charge on any atom is -0.481 e. The van der Waals surface area contributed by atoms with E-state index < -0.39 is 76.6 Å². The monoisotopic (exact) mass is 713 g/mol. The molecule has 268 valence electrons. The molecule has 14 heteroatoms. The van der Waals surface area contributed by atoms with E-state index in [1.165, 1.54) is 19.1 Å². The van der Waals surface area contributed by atoms with E-state index in [0.29, 0.717) is 21.8 Å². The number of pyridine rings is 1. The van der Waals surface area contributed by atoms with Gasteiger partial charge in [0, 0.05) is 48.6 Å². The summed E-state index contributed by atoms with van der Waals surface area (Å²) in [5.74, 6) is -4.21. The number of aryl methyl sites for hydroxylation is 2. The lowest BCUT2D eigenvalue weighted by atomic mass is 9.90. The molecule has 0 aliphatic carbocycles. The molecule has 2 N–H and O–H groups in total. The number of fused-ring (bicyclic) bond motifs is 6. The molecule has 4 bridgehead atoms. The summed E-state index contributed by atoms with van der Waals surface area (Å²) in [5.41, 5.74) is -1.06. The molecule has 4 aromatic rings. The normalized spacial score (nSPS) is 18.0. The van der Waals surface area contributed by atoms with Crippen LogP contribution >= 0.6 is 0 Å². The highest BCUT2D eigenvalue weighted by molar-refractivity contribution is 5.85. The average molecular weight is 714 g/mol. The highest BCUT2D eigenvalue weighted by Gasteiger charge is 2.38. The topological polar surface area (TPSA) is 101 Å². The van der Waals surface area contributed by atoms with Crippen LogP contribution in [0, 0.1) is 32.4 Å². The lowest BCUT2D eigenvalue weighted by molar-refractivity contribution is -0.139. The summed E-state index contributed by atoms with van der Waals surface area (Å²) in [4.78, 5) is 41.5. The van der Waals surface area contributed by atoms with Crippen LogP contribution in [0.25, 0.3) is 11.1 Å². The standard InChI is InChI=1S/C37H33F6N3O5/c1-18-4-7-30-33(20(18)3)22-10-19(2)34(40)26(11-22)29(14-32(48)49)44-36(50)35(25-12-24(51-30)5-6-28(25)39)46-15-21(8-9-45-16-23(38)17-45)27(13-31(46)47)37(41,42)43/h4-7,10-13,15,23,29,35H,8-9,14,16-17H2,1-3H3,(H,44,50)(H,48,49)/t29-,35+/m1/s1. The number of amides is 1. The van der Waals surface area contributed by atoms with Gasteiger partial charge in [-0.3, -0.25) is 23.9 Å². The third kappa shape index (κ3) is 7.09. The van der Waals surface area contributed by atoms with Crippen molar-refractivity contribution < 1.29 is 45.8 Å². The number of carbonyl (C=O) groups is 2. The van der Waals surface area contributed by atoms with Crippen LogP contribution in [0.2, 0.25) is 0 Å². The van der Waals surface area contributed by atoms with Gasteiger partial charge in [0.15, 0.2) is 0 Å². The zero-order valence-electron chi connectivity index (χ0n) is 27.7. The van der Waals surface area contributed by atoms with Crippen molar-refractivity contribution in [1.29, 1.82) is 0 Å². The molecule has 0 spiro atoms. The van der Waals surface area contributed by atoms with Crippen LogP contribution in [-0.2, 0) is 22.2 Å². The van der Waals surface area contributed by atoms with Gasteiger partial charge in [-0.2, -0.15) is 13.2 Å². The van der Waals surface area contributed by atoms with E-state index in [-0.39, 0.29) is 48.7 Å². The van der Waals surface area contributed by atoms with Crippen molar-refractivity contribution in [3.63, 3.8) is 0 Å². The first-order chi connectivity index (χ1) is 24.0. The van der Waals surface area contributed by atoms with Gasteiger partial charge >= 0.3 is 12.1 Å². The van der Waals surface area contributed by atoms with Gasteiger partial charge < -0.3 is 15.2 Å². The molecule has 1 amide bonds. The van der Waals surface area contributed by atoms with Crippen molar-refractivity contribution >= 4 is 11.9 Å². The van der Waals surface area contributed by atoms with Gasteiger partial charge in [-0.05, 0) is 91.4 Å². The number of likely N-dealkylation sites (tertiary alicyclic amines) is 1. The third-order valence-electron chi connectivity index (χ3n) is 9.43. The number of rotatable bonds is 6. The summed E-state index contributed by atoms with van der Waals surface area (Å²) in [7, 11) is 0. The second-order valence-corrected chi connectivity index (χ2v) is 13.0. The lowest BCUT2D eigenvalue weighted by Crippen LogP contribution is -2.49. The van der Waals surface area contributed by atoms with Gasteiger partial charge in [0.25, 0.3) is 5.56 Å². The quantitative estimate of drug-likeness (QED) is 0.210. The van der Waals surface area contributed by atoms with Gasteiger partial charge in [0.2, 0.25) is 5.91 Å². The number of ether oxygens (including phenoxy) is 1. The SMILES string of the molecule is Cc1ccc2c(c1C)-c1cc(C)c(F)c(c1)[C@@H](CC(=O)O)NC(=O)[C@@H](n1cc(CCN3CC(F)C3)c(C(F)(F)F)cc1=O)c1cc(ccc1F)O2. The maximum Gasteiger partial charge on any atom is 0.416 e. The Morgan fingerprint density at radius 1 is 0.980 bits per heavy atom. The Hall–Kier alpha value is -5.11. The number of hydrogen-bond donors (Lipinski definition) is 2. The van der Waals surface area contributed by atoms with Crippen LogP contribution in [0.15, 0.2) is 59.5 Å². The van der Waals surface area contributed by atoms with Gasteiger partial charge in [-0.25, -0.2) is 13.2 Å². The molecule has 0 radical (unpaired) electrons. The number of alkyl halides is 4. The van der Waals surface area contributed by atoms with Crippen molar-refractivity contribution in [3.8, 4) is 22.6 Å². The zero-order valence-corrected chi connectivity index (χ0v) is 27.7. The van der Waals surface area contributed by atoms with Crippen molar-refractivity contribution in [2.75, 3.05) is 19.6 Å². The Kier molecular flexibility index (Phi) is 9.49. The van der Waals surface area contributed by atoms with Crippen LogP contribution < -0.4 is 15.6 Å². The van der Waals surface area contributed by atoms with Gasteiger partial charge in [-0.15, -0.1) is 0 Å². The summed E-state index contributed by atoms with van der Waals surface area (Å²) in [6.45, 7) is 5.17. The highest BCUT2D eigenvalue weighted by Crippen LogP contribution is 2.41.